The lowest BCUT2D eigenvalue weighted by atomic mass is 9.98. The van der Waals surface area contributed by atoms with Gasteiger partial charge in [0.2, 0.25) is 5.91 Å². The molecule has 1 aromatic rings. The van der Waals surface area contributed by atoms with Gasteiger partial charge in [0.05, 0.1) is 12.3 Å². The number of hydrogen-bond donors (Lipinski definition) is 2. The third kappa shape index (κ3) is 6.06. The number of anilines is 1. The van der Waals surface area contributed by atoms with Crippen LogP contribution in [0.2, 0.25) is 0 Å². The van der Waals surface area contributed by atoms with Crippen LogP contribution < -0.4 is 15.8 Å². The van der Waals surface area contributed by atoms with Crippen molar-refractivity contribution in [3.63, 3.8) is 0 Å². The summed E-state index contributed by atoms with van der Waals surface area (Å²) in [4.78, 5) is 11.9. The molecular formula is C18H30N2O2. The zero-order chi connectivity index (χ0) is 16.7. The Kier molecular flexibility index (Phi) is 7.39. The smallest absolute Gasteiger partial charge is 0.227 e. The Morgan fingerprint density at radius 2 is 1.95 bits per heavy atom. The van der Waals surface area contributed by atoms with E-state index in [0.29, 0.717) is 18.3 Å². The normalized spacial score (nSPS) is 12.5. The van der Waals surface area contributed by atoms with Gasteiger partial charge in [0.15, 0.2) is 0 Å². The van der Waals surface area contributed by atoms with Gasteiger partial charge in [0.25, 0.3) is 0 Å². The molecule has 0 aliphatic heterocycles. The highest BCUT2D eigenvalue weighted by Crippen LogP contribution is 2.27. The molecule has 124 valence electrons. The maximum absolute atomic E-state index is 11.9. The van der Waals surface area contributed by atoms with Crippen LogP contribution in [0.4, 0.5) is 5.69 Å². The van der Waals surface area contributed by atoms with Gasteiger partial charge in [-0.1, -0.05) is 33.8 Å². The van der Waals surface area contributed by atoms with Crippen molar-refractivity contribution >= 4 is 11.6 Å². The van der Waals surface area contributed by atoms with Crippen LogP contribution >= 0.6 is 0 Å². The Morgan fingerprint density at radius 1 is 1.27 bits per heavy atom. The lowest BCUT2D eigenvalue weighted by Crippen LogP contribution is -2.24. The van der Waals surface area contributed by atoms with Gasteiger partial charge in [-0.15, -0.1) is 0 Å². The number of amides is 1. The van der Waals surface area contributed by atoms with Crippen molar-refractivity contribution in [1.82, 2.24) is 0 Å². The van der Waals surface area contributed by atoms with E-state index in [1.807, 2.05) is 39.0 Å². The second-order valence-corrected chi connectivity index (χ2v) is 6.50. The number of nitrogens with one attached hydrogen (secondary N) is 1. The first-order valence-corrected chi connectivity index (χ1v) is 8.15. The van der Waals surface area contributed by atoms with Crippen molar-refractivity contribution in [2.45, 2.75) is 53.5 Å². The van der Waals surface area contributed by atoms with Crippen LogP contribution in [0.15, 0.2) is 18.2 Å². The summed E-state index contributed by atoms with van der Waals surface area (Å²) in [6.07, 6.45) is 1.81. The molecule has 3 N–H and O–H groups in total. The molecule has 1 aromatic carbocycles. The molecule has 0 radical (unpaired) electrons. The van der Waals surface area contributed by atoms with Gasteiger partial charge in [0.1, 0.15) is 5.75 Å². The SMILES string of the molecule is CCOc1cc(CC(N)CC(C)C)ccc1NC(=O)C(C)C. The minimum Gasteiger partial charge on any atom is -0.492 e. The fourth-order valence-electron chi connectivity index (χ4n) is 2.34. The maximum atomic E-state index is 11.9. The average Bonchev–Trinajstić information content (AvgIpc) is 2.40. The molecule has 0 aliphatic carbocycles. The summed E-state index contributed by atoms with van der Waals surface area (Å²) in [5.74, 6) is 1.23. The molecule has 4 heteroatoms. The lowest BCUT2D eigenvalue weighted by molar-refractivity contribution is -0.118. The molecule has 0 aliphatic rings. The van der Waals surface area contributed by atoms with Crippen LogP contribution in [0.1, 0.15) is 46.6 Å². The van der Waals surface area contributed by atoms with Crippen molar-refractivity contribution in [2.24, 2.45) is 17.6 Å². The third-order valence-corrected chi connectivity index (χ3v) is 3.40. The standard InChI is InChI=1S/C18H30N2O2/c1-6-22-17-11-14(10-15(19)9-12(2)3)7-8-16(17)20-18(21)13(4)5/h7-8,11-13,15H,6,9-10,19H2,1-5H3,(H,20,21). The monoisotopic (exact) mass is 306 g/mol. The second-order valence-electron chi connectivity index (χ2n) is 6.50. The van der Waals surface area contributed by atoms with Gasteiger partial charge in [-0.25, -0.2) is 0 Å². The molecule has 0 saturated heterocycles. The Balaban J connectivity index is 2.86. The summed E-state index contributed by atoms with van der Waals surface area (Å²) in [5.41, 5.74) is 8.04. The highest BCUT2D eigenvalue weighted by atomic mass is 16.5. The lowest BCUT2D eigenvalue weighted by Gasteiger charge is -2.17. The molecule has 0 spiro atoms. The summed E-state index contributed by atoms with van der Waals surface area (Å²) in [5, 5.41) is 2.91. The van der Waals surface area contributed by atoms with E-state index in [1.165, 1.54) is 0 Å². The van der Waals surface area contributed by atoms with Crippen LogP contribution in [-0.4, -0.2) is 18.6 Å². The number of benzene rings is 1. The first-order chi connectivity index (χ1) is 10.3. The van der Waals surface area contributed by atoms with E-state index >= 15 is 0 Å². The van der Waals surface area contributed by atoms with Crippen LogP contribution in [0.5, 0.6) is 5.75 Å². The Bertz CT molecular complexity index is 484. The van der Waals surface area contributed by atoms with E-state index in [4.69, 9.17) is 10.5 Å². The Morgan fingerprint density at radius 3 is 2.50 bits per heavy atom. The predicted molar refractivity (Wildman–Crippen MR) is 92.2 cm³/mol. The number of nitrogens with two attached hydrogens (primary N) is 1. The van der Waals surface area contributed by atoms with Crippen LogP contribution in [0.25, 0.3) is 0 Å². The molecule has 1 atom stereocenters. The van der Waals surface area contributed by atoms with Crippen LogP contribution in [0.3, 0.4) is 0 Å². The first-order valence-electron chi connectivity index (χ1n) is 8.15. The number of ether oxygens (including phenoxy) is 1. The molecule has 0 bridgehead atoms. The molecule has 1 rings (SSSR count). The largest absolute Gasteiger partial charge is 0.492 e. The van der Waals surface area contributed by atoms with Gasteiger partial charge in [-0.05, 0) is 43.4 Å². The maximum Gasteiger partial charge on any atom is 0.227 e. The molecule has 0 saturated carbocycles. The van der Waals surface area contributed by atoms with E-state index in [2.05, 4.69) is 19.2 Å². The van der Waals surface area contributed by atoms with Crippen molar-refractivity contribution in [2.75, 3.05) is 11.9 Å². The minimum atomic E-state index is -0.0615. The molecule has 4 nitrogen and oxygen atoms in total. The average molecular weight is 306 g/mol. The number of carbonyl (C=O) groups is 1. The zero-order valence-corrected chi connectivity index (χ0v) is 14.5. The summed E-state index contributed by atoms with van der Waals surface area (Å²) in [7, 11) is 0. The van der Waals surface area contributed by atoms with E-state index in [-0.39, 0.29) is 17.9 Å². The van der Waals surface area contributed by atoms with Gasteiger partial charge >= 0.3 is 0 Å². The molecule has 0 aromatic heterocycles. The van der Waals surface area contributed by atoms with Crippen molar-refractivity contribution in [1.29, 1.82) is 0 Å². The fourth-order valence-corrected chi connectivity index (χ4v) is 2.34. The summed E-state index contributed by atoms with van der Waals surface area (Å²) in [6.45, 7) is 10.6. The van der Waals surface area contributed by atoms with Crippen molar-refractivity contribution in [3.8, 4) is 5.75 Å². The molecule has 1 unspecified atom stereocenters. The molecule has 0 heterocycles. The molecular weight excluding hydrogens is 276 g/mol. The number of carbonyl (C=O) groups excluding carboxylic acids is 1. The predicted octanol–water partition coefficient (Wildman–Crippen LogP) is 3.60. The Labute approximate surface area is 134 Å². The van der Waals surface area contributed by atoms with Gasteiger partial charge in [-0.2, -0.15) is 0 Å². The zero-order valence-electron chi connectivity index (χ0n) is 14.5. The summed E-state index contributed by atoms with van der Waals surface area (Å²) >= 11 is 0. The van der Waals surface area contributed by atoms with E-state index in [1.54, 1.807) is 0 Å². The number of rotatable bonds is 8. The van der Waals surface area contributed by atoms with Crippen molar-refractivity contribution < 1.29 is 9.53 Å². The number of hydrogen-bond acceptors (Lipinski definition) is 3. The highest BCUT2D eigenvalue weighted by molar-refractivity contribution is 5.93. The minimum absolute atomic E-state index is 0.00906. The summed E-state index contributed by atoms with van der Waals surface area (Å²) in [6, 6.07) is 6.05. The van der Waals surface area contributed by atoms with E-state index < -0.39 is 0 Å². The Hall–Kier alpha value is -1.55. The second kappa shape index (κ2) is 8.79. The van der Waals surface area contributed by atoms with Crippen LogP contribution in [0, 0.1) is 11.8 Å². The summed E-state index contributed by atoms with van der Waals surface area (Å²) < 4.78 is 5.67. The topological polar surface area (TPSA) is 64.3 Å². The quantitative estimate of drug-likeness (QED) is 0.771. The fraction of sp³-hybridized carbons (Fsp3) is 0.611. The first kappa shape index (κ1) is 18.5. The highest BCUT2D eigenvalue weighted by Gasteiger charge is 2.13. The molecule has 22 heavy (non-hydrogen) atoms. The van der Waals surface area contributed by atoms with Crippen LogP contribution in [-0.2, 0) is 11.2 Å². The van der Waals surface area contributed by atoms with Gasteiger partial charge in [0, 0.05) is 12.0 Å². The molecule has 0 fully saturated rings. The van der Waals surface area contributed by atoms with E-state index in [9.17, 15) is 4.79 Å². The van der Waals surface area contributed by atoms with Gasteiger partial charge in [-0.3, -0.25) is 4.79 Å². The molecule has 1 amide bonds. The van der Waals surface area contributed by atoms with E-state index in [0.717, 1.165) is 24.1 Å². The van der Waals surface area contributed by atoms with Crippen molar-refractivity contribution in [3.05, 3.63) is 23.8 Å². The van der Waals surface area contributed by atoms with Gasteiger partial charge < -0.3 is 15.8 Å². The third-order valence-electron chi connectivity index (χ3n) is 3.40.